The second-order valence-corrected chi connectivity index (χ2v) is 8.29. The lowest BCUT2D eigenvalue weighted by Gasteiger charge is -2.14. The minimum absolute atomic E-state index is 0.370. The van der Waals surface area contributed by atoms with Gasteiger partial charge in [0.15, 0.2) is 5.82 Å². The summed E-state index contributed by atoms with van der Waals surface area (Å²) in [5.41, 5.74) is 10.1. The van der Waals surface area contributed by atoms with Crippen molar-refractivity contribution in [2.75, 3.05) is 18.5 Å². The number of aromatic amines is 1. The third-order valence-corrected chi connectivity index (χ3v) is 5.92. The molecule has 0 saturated heterocycles. The number of benzene rings is 3. The smallest absolute Gasteiger partial charge is 0.490 e. The highest BCUT2D eigenvalue weighted by Gasteiger charge is 2.22. The fourth-order valence-corrected chi connectivity index (χ4v) is 4.31. The van der Waals surface area contributed by atoms with Crippen molar-refractivity contribution in [1.29, 1.82) is 0 Å². The molecule has 0 bridgehead atoms. The summed E-state index contributed by atoms with van der Waals surface area (Å²) in [6.45, 7) is 3.27. The number of nitrogens with zero attached hydrogens (tertiary/aromatic N) is 2. The summed E-state index contributed by atoms with van der Waals surface area (Å²) in [5, 5.41) is 24.8. The van der Waals surface area contributed by atoms with Gasteiger partial charge in [-0.25, -0.2) is 9.97 Å². The standard InChI is InChI=1S/C26H26BN5O3/c1-16-22(18-9-5-11-20(27(33)34)23(18)30-16)26-31-24-19(10-6-12-21(24)35-14-13-28)25(32-26)29-15-17-7-3-2-4-8-17/h2-12,30,33-34H,13-15,28H2,1H3,(H,29,31,32). The van der Waals surface area contributed by atoms with E-state index >= 15 is 0 Å². The number of nitrogens with two attached hydrogens (primary N) is 1. The van der Waals surface area contributed by atoms with Gasteiger partial charge in [-0.2, -0.15) is 0 Å². The molecule has 5 aromatic rings. The highest BCUT2D eigenvalue weighted by molar-refractivity contribution is 6.61. The minimum atomic E-state index is -1.60. The Bertz CT molecular complexity index is 1490. The molecule has 0 spiro atoms. The number of ether oxygens (including phenoxy) is 1. The van der Waals surface area contributed by atoms with E-state index < -0.39 is 7.12 Å². The zero-order chi connectivity index (χ0) is 24.4. The highest BCUT2D eigenvalue weighted by Crippen LogP contribution is 2.35. The van der Waals surface area contributed by atoms with Gasteiger partial charge >= 0.3 is 7.12 Å². The quantitative estimate of drug-likeness (QED) is 0.222. The Morgan fingerprint density at radius 1 is 0.971 bits per heavy atom. The molecule has 9 heteroatoms. The molecule has 3 aromatic carbocycles. The number of rotatable bonds is 8. The maximum absolute atomic E-state index is 9.84. The third-order valence-electron chi connectivity index (χ3n) is 5.92. The van der Waals surface area contributed by atoms with E-state index in [0.717, 1.165) is 27.6 Å². The van der Waals surface area contributed by atoms with Crippen molar-refractivity contribution in [3.8, 4) is 17.1 Å². The van der Waals surface area contributed by atoms with Crippen LogP contribution in [0.2, 0.25) is 0 Å². The Hall–Kier alpha value is -3.92. The Kier molecular flexibility index (Phi) is 6.37. The number of hydrogen-bond acceptors (Lipinski definition) is 7. The lowest BCUT2D eigenvalue weighted by molar-refractivity contribution is 0.331. The number of aromatic nitrogens is 3. The van der Waals surface area contributed by atoms with Crippen molar-refractivity contribution in [1.82, 2.24) is 15.0 Å². The van der Waals surface area contributed by atoms with Crippen LogP contribution in [0.15, 0.2) is 66.7 Å². The average molecular weight is 467 g/mol. The van der Waals surface area contributed by atoms with Crippen molar-refractivity contribution in [2.24, 2.45) is 5.73 Å². The van der Waals surface area contributed by atoms with Crippen LogP contribution < -0.4 is 21.3 Å². The zero-order valence-corrected chi connectivity index (χ0v) is 19.3. The molecule has 0 aliphatic rings. The highest BCUT2D eigenvalue weighted by atomic mass is 16.5. The maximum Gasteiger partial charge on any atom is 0.490 e. The zero-order valence-electron chi connectivity index (χ0n) is 19.3. The summed E-state index contributed by atoms with van der Waals surface area (Å²) in [6, 6.07) is 21.2. The first-order chi connectivity index (χ1) is 17.1. The Balaban J connectivity index is 1.70. The van der Waals surface area contributed by atoms with Gasteiger partial charge < -0.3 is 30.8 Å². The lowest BCUT2D eigenvalue weighted by atomic mass is 9.79. The molecule has 6 N–H and O–H groups in total. The van der Waals surface area contributed by atoms with E-state index in [4.69, 9.17) is 20.4 Å². The van der Waals surface area contributed by atoms with E-state index in [1.807, 2.05) is 49.4 Å². The molecule has 0 fully saturated rings. The molecule has 2 aromatic heterocycles. The van der Waals surface area contributed by atoms with Crippen molar-refractivity contribution in [3.63, 3.8) is 0 Å². The SMILES string of the molecule is Cc1[nH]c2c(B(O)O)cccc2c1-c1nc(NCc2ccccc2)c2cccc(OCCN)c2n1. The van der Waals surface area contributed by atoms with Crippen LogP contribution in [0.3, 0.4) is 0 Å². The lowest BCUT2D eigenvalue weighted by Crippen LogP contribution is -2.30. The van der Waals surface area contributed by atoms with Gasteiger partial charge in [0.05, 0.1) is 0 Å². The number of para-hydroxylation sites is 2. The van der Waals surface area contributed by atoms with Crippen molar-refractivity contribution in [2.45, 2.75) is 13.5 Å². The Morgan fingerprint density at radius 2 is 1.74 bits per heavy atom. The van der Waals surface area contributed by atoms with E-state index in [-0.39, 0.29) is 0 Å². The van der Waals surface area contributed by atoms with Gasteiger partial charge in [0, 0.05) is 46.1 Å². The van der Waals surface area contributed by atoms with Gasteiger partial charge in [-0.15, -0.1) is 0 Å². The van der Waals surface area contributed by atoms with Crippen molar-refractivity contribution >= 4 is 40.2 Å². The fourth-order valence-electron chi connectivity index (χ4n) is 4.31. The molecule has 0 aliphatic carbocycles. The molecule has 0 saturated carbocycles. The first-order valence-corrected chi connectivity index (χ1v) is 11.5. The fraction of sp³-hybridized carbons (Fsp3) is 0.154. The molecule has 0 radical (unpaired) electrons. The minimum Gasteiger partial charge on any atom is -0.490 e. The van der Waals surface area contributed by atoms with E-state index in [1.54, 1.807) is 12.1 Å². The van der Waals surface area contributed by atoms with Gasteiger partial charge in [-0.3, -0.25) is 0 Å². The van der Waals surface area contributed by atoms with Crippen LogP contribution in [0.5, 0.6) is 5.75 Å². The molecular formula is C26H26BN5O3. The second-order valence-electron chi connectivity index (χ2n) is 8.29. The number of aryl methyl sites for hydroxylation is 1. The predicted molar refractivity (Wildman–Crippen MR) is 140 cm³/mol. The van der Waals surface area contributed by atoms with Gasteiger partial charge in [0.2, 0.25) is 0 Å². The number of hydrogen-bond donors (Lipinski definition) is 5. The topological polar surface area (TPSA) is 129 Å². The van der Waals surface area contributed by atoms with Gasteiger partial charge in [0.25, 0.3) is 0 Å². The first kappa shape index (κ1) is 22.9. The molecular weight excluding hydrogens is 441 g/mol. The number of H-pyrrole nitrogens is 1. The summed E-state index contributed by atoms with van der Waals surface area (Å²) in [4.78, 5) is 13.1. The normalized spacial score (nSPS) is 11.2. The molecule has 35 heavy (non-hydrogen) atoms. The van der Waals surface area contributed by atoms with Gasteiger partial charge in [-0.1, -0.05) is 54.6 Å². The van der Waals surface area contributed by atoms with E-state index in [2.05, 4.69) is 22.4 Å². The summed E-state index contributed by atoms with van der Waals surface area (Å²) in [6.07, 6.45) is 0. The Labute approximate surface area is 203 Å². The summed E-state index contributed by atoms with van der Waals surface area (Å²) >= 11 is 0. The molecule has 0 atom stereocenters. The van der Waals surface area contributed by atoms with Crippen LogP contribution in [0.4, 0.5) is 5.82 Å². The van der Waals surface area contributed by atoms with Gasteiger partial charge in [-0.05, 0) is 24.6 Å². The number of fused-ring (bicyclic) bond motifs is 2. The van der Waals surface area contributed by atoms with E-state index in [0.29, 0.717) is 53.6 Å². The molecule has 5 rings (SSSR count). The largest absolute Gasteiger partial charge is 0.490 e. The predicted octanol–water partition coefficient (Wildman–Crippen LogP) is 2.72. The number of nitrogens with one attached hydrogen (secondary N) is 2. The summed E-state index contributed by atoms with van der Waals surface area (Å²) in [7, 11) is -1.60. The molecule has 0 aliphatic heterocycles. The van der Waals surface area contributed by atoms with Crippen LogP contribution in [0, 0.1) is 6.92 Å². The first-order valence-electron chi connectivity index (χ1n) is 11.5. The van der Waals surface area contributed by atoms with Crippen LogP contribution in [-0.2, 0) is 6.54 Å². The van der Waals surface area contributed by atoms with Crippen LogP contribution >= 0.6 is 0 Å². The monoisotopic (exact) mass is 467 g/mol. The molecule has 0 amide bonds. The third kappa shape index (κ3) is 4.44. The van der Waals surface area contributed by atoms with Gasteiger partial charge in [0.1, 0.15) is 23.7 Å². The number of anilines is 1. The Morgan fingerprint density at radius 3 is 2.51 bits per heavy atom. The summed E-state index contributed by atoms with van der Waals surface area (Å²) in [5.74, 6) is 1.81. The molecule has 0 unspecified atom stereocenters. The second kappa shape index (κ2) is 9.75. The van der Waals surface area contributed by atoms with Crippen molar-refractivity contribution in [3.05, 3.63) is 78.0 Å². The van der Waals surface area contributed by atoms with E-state index in [1.165, 1.54) is 0 Å². The molecule has 176 valence electrons. The average Bonchev–Trinajstić information content (AvgIpc) is 3.22. The van der Waals surface area contributed by atoms with Crippen molar-refractivity contribution < 1.29 is 14.8 Å². The van der Waals surface area contributed by atoms with Crippen LogP contribution in [-0.4, -0.2) is 45.3 Å². The maximum atomic E-state index is 9.84. The molecule has 2 heterocycles. The summed E-state index contributed by atoms with van der Waals surface area (Å²) < 4.78 is 5.91. The molecule has 8 nitrogen and oxygen atoms in total. The van der Waals surface area contributed by atoms with E-state index in [9.17, 15) is 10.0 Å². The van der Waals surface area contributed by atoms with Crippen LogP contribution in [0.25, 0.3) is 33.2 Å². The van der Waals surface area contributed by atoms with Crippen LogP contribution in [0.1, 0.15) is 11.3 Å².